The number of nitrogens with zero attached hydrogens (tertiary/aromatic N) is 4. The Hall–Kier alpha value is -3.89. The average molecular weight is 447 g/mol. The van der Waals surface area contributed by atoms with Gasteiger partial charge in [-0.2, -0.15) is 13.2 Å². The molecule has 0 aliphatic heterocycles. The van der Waals surface area contributed by atoms with E-state index in [2.05, 4.69) is 25.3 Å². The minimum Gasteiger partial charge on any atom is -0.439 e. The number of nitrogens with one attached hydrogen (secondary N) is 1. The van der Waals surface area contributed by atoms with Gasteiger partial charge in [-0.05, 0) is 36.2 Å². The van der Waals surface area contributed by atoms with Crippen molar-refractivity contribution in [3.8, 4) is 11.6 Å². The average Bonchev–Trinajstić information content (AvgIpc) is 2.77. The number of benzene rings is 2. The van der Waals surface area contributed by atoms with Gasteiger partial charge in [0.15, 0.2) is 5.69 Å². The van der Waals surface area contributed by atoms with E-state index in [4.69, 9.17) is 4.74 Å². The zero-order valence-electron chi connectivity index (χ0n) is 16.2. The van der Waals surface area contributed by atoms with Crippen LogP contribution in [0.4, 0.5) is 27.8 Å². The molecular weight excluding hydrogens is 433 g/mol. The van der Waals surface area contributed by atoms with Crippen LogP contribution in [0.2, 0.25) is 0 Å². The molecule has 0 spiro atoms. The Bertz CT molecular complexity index is 1250. The van der Waals surface area contributed by atoms with Crippen molar-refractivity contribution in [1.82, 2.24) is 19.9 Å². The third kappa shape index (κ3) is 4.71. The van der Waals surface area contributed by atoms with E-state index >= 15 is 0 Å². The highest BCUT2D eigenvalue weighted by atomic mass is 19.4. The molecule has 164 valence electrons. The van der Waals surface area contributed by atoms with E-state index in [1.165, 1.54) is 0 Å². The maximum absolute atomic E-state index is 14.1. The molecule has 4 rings (SSSR count). The first-order chi connectivity index (χ1) is 15.3. The first-order valence-corrected chi connectivity index (χ1v) is 9.30. The van der Waals surface area contributed by atoms with Gasteiger partial charge < -0.3 is 10.1 Å². The molecule has 0 aliphatic carbocycles. The van der Waals surface area contributed by atoms with Crippen LogP contribution in [0.1, 0.15) is 11.3 Å². The van der Waals surface area contributed by atoms with Gasteiger partial charge in [-0.25, -0.2) is 28.7 Å². The van der Waals surface area contributed by atoms with Crippen LogP contribution in [0.25, 0.3) is 10.9 Å². The molecule has 0 atom stereocenters. The molecule has 0 radical (unpaired) electrons. The summed E-state index contributed by atoms with van der Waals surface area (Å²) in [6.07, 6.45) is -2.16. The Morgan fingerprint density at radius 1 is 0.844 bits per heavy atom. The van der Waals surface area contributed by atoms with E-state index in [1.54, 1.807) is 24.3 Å². The third-order valence-corrected chi connectivity index (χ3v) is 4.47. The Morgan fingerprint density at radius 3 is 2.31 bits per heavy atom. The molecule has 0 amide bonds. The molecule has 32 heavy (non-hydrogen) atoms. The zero-order valence-corrected chi connectivity index (χ0v) is 16.2. The Balaban J connectivity index is 1.39. The van der Waals surface area contributed by atoms with Crippen LogP contribution < -0.4 is 10.1 Å². The van der Waals surface area contributed by atoms with Gasteiger partial charge in [0.25, 0.3) is 0 Å². The van der Waals surface area contributed by atoms with Crippen LogP contribution in [0.15, 0.2) is 55.1 Å². The Morgan fingerprint density at radius 2 is 1.56 bits per heavy atom. The van der Waals surface area contributed by atoms with Gasteiger partial charge in [-0.3, -0.25) is 0 Å². The number of halogens is 5. The smallest absolute Gasteiger partial charge is 0.433 e. The number of alkyl halides is 3. The lowest BCUT2D eigenvalue weighted by atomic mass is 10.1. The summed E-state index contributed by atoms with van der Waals surface area (Å²) in [6.45, 7) is 0.364. The SMILES string of the molecule is Fc1ccc(F)c2c(NCCc3ccc(Oc4cc(C(F)(F)F)ncn4)cc3)ncnc12. The van der Waals surface area contributed by atoms with Crippen molar-refractivity contribution in [2.75, 3.05) is 11.9 Å². The van der Waals surface area contributed by atoms with Crippen molar-refractivity contribution >= 4 is 16.7 Å². The summed E-state index contributed by atoms with van der Waals surface area (Å²) in [5.41, 5.74) is -0.338. The first kappa shape index (κ1) is 21.3. The highest BCUT2D eigenvalue weighted by Crippen LogP contribution is 2.30. The lowest BCUT2D eigenvalue weighted by molar-refractivity contribution is -0.141. The van der Waals surface area contributed by atoms with Gasteiger partial charge >= 0.3 is 6.18 Å². The fraction of sp³-hybridized carbons (Fsp3) is 0.143. The Labute approximate surface area is 178 Å². The summed E-state index contributed by atoms with van der Waals surface area (Å²) in [5, 5.41) is 2.94. The summed E-state index contributed by atoms with van der Waals surface area (Å²) in [5.74, 6) is -1.03. The minimum atomic E-state index is -4.60. The van der Waals surface area contributed by atoms with E-state index in [1.807, 2.05) is 0 Å². The van der Waals surface area contributed by atoms with Crippen LogP contribution in [-0.4, -0.2) is 26.5 Å². The van der Waals surface area contributed by atoms with E-state index in [-0.39, 0.29) is 22.6 Å². The van der Waals surface area contributed by atoms with Crippen molar-refractivity contribution < 1.29 is 26.7 Å². The first-order valence-electron chi connectivity index (χ1n) is 9.30. The van der Waals surface area contributed by atoms with Gasteiger partial charge in [0.2, 0.25) is 5.88 Å². The molecular formula is C21H14F5N5O. The van der Waals surface area contributed by atoms with E-state index in [9.17, 15) is 22.0 Å². The molecule has 0 bridgehead atoms. The number of aromatic nitrogens is 4. The zero-order chi connectivity index (χ0) is 22.7. The summed E-state index contributed by atoms with van der Waals surface area (Å²) < 4.78 is 71.5. The fourth-order valence-electron chi connectivity index (χ4n) is 2.96. The van der Waals surface area contributed by atoms with Gasteiger partial charge in [-0.15, -0.1) is 0 Å². The molecule has 6 nitrogen and oxygen atoms in total. The number of hydrogen-bond acceptors (Lipinski definition) is 6. The highest BCUT2D eigenvalue weighted by Gasteiger charge is 2.33. The van der Waals surface area contributed by atoms with Gasteiger partial charge in [-0.1, -0.05) is 12.1 Å². The van der Waals surface area contributed by atoms with Gasteiger partial charge in [0.05, 0.1) is 5.39 Å². The van der Waals surface area contributed by atoms with E-state index in [0.717, 1.165) is 30.4 Å². The topological polar surface area (TPSA) is 72.8 Å². The molecule has 0 fully saturated rings. The van der Waals surface area contributed by atoms with E-state index in [0.29, 0.717) is 24.8 Å². The Kier molecular flexibility index (Phi) is 5.80. The van der Waals surface area contributed by atoms with Crippen LogP contribution in [0.5, 0.6) is 11.6 Å². The second kappa shape index (κ2) is 8.69. The standard InChI is InChI=1S/C21H14F5N5O/c22-14-5-6-15(23)19-18(14)20(31-11-30-19)27-8-7-12-1-3-13(4-2-12)32-17-9-16(21(24,25)26)28-10-29-17/h1-6,9-11H,7-8H2,(H,27,30,31). The number of anilines is 1. The second-order valence-corrected chi connectivity index (χ2v) is 6.64. The number of ether oxygens (including phenoxy) is 1. The summed E-state index contributed by atoms with van der Waals surface area (Å²) >= 11 is 0. The van der Waals surface area contributed by atoms with Crippen molar-refractivity contribution in [2.45, 2.75) is 12.6 Å². The van der Waals surface area contributed by atoms with Crippen LogP contribution in [0.3, 0.4) is 0 Å². The normalized spacial score (nSPS) is 11.5. The molecule has 2 aromatic heterocycles. The minimum absolute atomic E-state index is 0.0284. The lowest BCUT2D eigenvalue weighted by Crippen LogP contribution is -2.08. The molecule has 2 heterocycles. The second-order valence-electron chi connectivity index (χ2n) is 6.64. The maximum atomic E-state index is 14.1. The maximum Gasteiger partial charge on any atom is 0.433 e. The highest BCUT2D eigenvalue weighted by molar-refractivity contribution is 5.89. The quantitative estimate of drug-likeness (QED) is 0.412. The number of rotatable bonds is 6. The van der Waals surface area contributed by atoms with Crippen molar-refractivity contribution in [2.24, 2.45) is 0 Å². The lowest BCUT2D eigenvalue weighted by Gasteiger charge is -2.10. The third-order valence-electron chi connectivity index (χ3n) is 4.47. The van der Waals surface area contributed by atoms with Crippen LogP contribution >= 0.6 is 0 Å². The van der Waals surface area contributed by atoms with Crippen molar-refractivity contribution in [3.63, 3.8) is 0 Å². The van der Waals surface area contributed by atoms with Crippen molar-refractivity contribution in [1.29, 1.82) is 0 Å². The molecule has 4 aromatic rings. The van der Waals surface area contributed by atoms with Crippen LogP contribution in [0, 0.1) is 11.6 Å². The van der Waals surface area contributed by atoms with E-state index < -0.39 is 23.5 Å². The molecule has 0 aliphatic rings. The summed E-state index contributed by atoms with van der Waals surface area (Å²) in [6, 6.07) is 9.34. The molecule has 0 unspecified atom stereocenters. The molecule has 1 N–H and O–H groups in total. The number of hydrogen-bond donors (Lipinski definition) is 1. The number of fused-ring (bicyclic) bond motifs is 1. The monoisotopic (exact) mass is 447 g/mol. The van der Waals surface area contributed by atoms with Gasteiger partial charge in [0.1, 0.15) is 41.4 Å². The van der Waals surface area contributed by atoms with Crippen molar-refractivity contribution in [3.05, 3.63) is 78.0 Å². The predicted molar refractivity (Wildman–Crippen MR) is 105 cm³/mol. The molecule has 2 aromatic carbocycles. The summed E-state index contributed by atoms with van der Waals surface area (Å²) in [7, 11) is 0. The van der Waals surface area contributed by atoms with Crippen LogP contribution in [-0.2, 0) is 12.6 Å². The summed E-state index contributed by atoms with van der Waals surface area (Å²) in [4.78, 5) is 14.6. The predicted octanol–water partition coefficient (Wildman–Crippen LogP) is 5.16. The van der Waals surface area contributed by atoms with Gasteiger partial charge in [0, 0.05) is 12.6 Å². The largest absolute Gasteiger partial charge is 0.439 e. The molecule has 0 saturated carbocycles. The molecule has 11 heteroatoms. The molecule has 0 saturated heterocycles. The fourth-order valence-corrected chi connectivity index (χ4v) is 2.96.